The molecular weight excluding hydrogens is 500 g/mol. The minimum atomic E-state index is -0.278. The Bertz CT molecular complexity index is 1110. The van der Waals surface area contributed by atoms with Crippen molar-refractivity contribution >= 4 is 55.1 Å². The van der Waals surface area contributed by atoms with E-state index in [0.717, 1.165) is 48.1 Å². The van der Waals surface area contributed by atoms with Gasteiger partial charge in [0, 0.05) is 43.1 Å². The smallest absolute Gasteiger partial charge is 0.302 e. The van der Waals surface area contributed by atoms with Gasteiger partial charge in [-0.1, -0.05) is 25.4 Å². The van der Waals surface area contributed by atoms with Crippen LogP contribution < -0.4 is 0 Å². The molecule has 0 fully saturated rings. The number of hydrogen-bond donors (Lipinski definition) is 0. The van der Waals surface area contributed by atoms with Gasteiger partial charge in [-0.2, -0.15) is 0 Å². The Kier molecular flexibility index (Phi) is 7.51. The molecule has 0 N–H and O–H groups in total. The van der Waals surface area contributed by atoms with Gasteiger partial charge in [0.25, 0.3) is 0 Å². The Hall–Kier alpha value is -1.41. The van der Waals surface area contributed by atoms with Crippen LogP contribution in [-0.2, 0) is 27.2 Å². The van der Waals surface area contributed by atoms with Gasteiger partial charge >= 0.3 is 5.97 Å². The maximum absolute atomic E-state index is 11.4. The maximum Gasteiger partial charge on any atom is 0.302 e. The number of thiophene rings is 1. The molecule has 5 nitrogen and oxygen atoms in total. The van der Waals surface area contributed by atoms with Crippen molar-refractivity contribution in [1.29, 1.82) is 0 Å². The Morgan fingerprint density at radius 1 is 1.42 bits per heavy atom. The lowest BCUT2D eigenvalue weighted by molar-refractivity contribution is -0.143. The molecule has 0 amide bonds. The highest BCUT2D eigenvalue weighted by molar-refractivity contribution is 9.11. The second-order valence-corrected chi connectivity index (χ2v) is 11.1. The minimum Gasteiger partial charge on any atom is -0.465 e. The molecule has 0 bridgehead atoms. The molecular formula is C23H28BrClN2O3S. The second kappa shape index (κ2) is 9.61. The maximum atomic E-state index is 11.4. The van der Waals surface area contributed by atoms with E-state index in [4.69, 9.17) is 21.1 Å². The molecule has 0 aliphatic rings. The van der Waals surface area contributed by atoms with E-state index >= 15 is 0 Å². The molecule has 0 aromatic carbocycles. The number of halogens is 2. The fourth-order valence-corrected chi connectivity index (χ4v) is 5.92. The molecule has 3 heterocycles. The number of rotatable bonds is 8. The number of hydrogen-bond acceptors (Lipinski definition) is 5. The normalized spacial score (nSPS) is 13.0. The molecule has 3 aromatic rings. The highest BCUT2D eigenvalue weighted by atomic mass is 79.9. The number of aryl methyl sites for hydroxylation is 1. The van der Waals surface area contributed by atoms with Crippen LogP contribution in [0.2, 0.25) is 5.02 Å². The van der Waals surface area contributed by atoms with E-state index in [1.165, 1.54) is 6.92 Å². The Morgan fingerprint density at radius 3 is 2.74 bits per heavy atom. The van der Waals surface area contributed by atoms with Gasteiger partial charge in [-0.25, -0.2) is 0 Å². The summed E-state index contributed by atoms with van der Waals surface area (Å²) >= 11 is 12.0. The number of nitrogens with zero attached hydrogens (tertiary/aromatic N) is 2. The third-order valence-electron chi connectivity index (χ3n) is 5.36. The first-order valence-corrected chi connectivity index (χ1v) is 12.2. The lowest BCUT2D eigenvalue weighted by Crippen LogP contribution is -2.24. The van der Waals surface area contributed by atoms with E-state index in [9.17, 15) is 4.79 Å². The molecule has 3 rings (SSSR count). The van der Waals surface area contributed by atoms with Gasteiger partial charge in [0.2, 0.25) is 0 Å². The molecule has 8 heteroatoms. The van der Waals surface area contributed by atoms with Crippen molar-refractivity contribution in [2.45, 2.75) is 53.7 Å². The number of pyridine rings is 1. The van der Waals surface area contributed by atoms with Crippen LogP contribution in [0.15, 0.2) is 22.1 Å². The lowest BCUT2D eigenvalue weighted by Gasteiger charge is -2.25. The zero-order chi connectivity index (χ0) is 22.9. The summed E-state index contributed by atoms with van der Waals surface area (Å²) in [5, 5.41) is 1.77. The van der Waals surface area contributed by atoms with Crippen LogP contribution in [-0.4, -0.2) is 29.2 Å². The van der Waals surface area contributed by atoms with Crippen molar-refractivity contribution in [2.24, 2.45) is 5.41 Å². The van der Waals surface area contributed by atoms with Crippen LogP contribution in [0.25, 0.3) is 21.5 Å². The molecule has 0 unspecified atom stereocenters. The fourth-order valence-electron chi connectivity index (χ4n) is 3.87. The van der Waals surface area contributed by atoms with Crippen LogP contribution in [0.4, 0.5) is 0 Å². The number of carbonyl (C=O) groups is 1. The quantitative estimate of drug-likeness (QED) is 0.295. The predicted molar refractivity (Wildman–Crippen MR) is 131 cm³/mol. The molecule has 1 atom stereocenters. The van der Waals surface area contributed by atoms with Crippen molar-refractivity contribution in [3.05, 3.63) is 38.4 Å². The first-order valence-electron chi connectivity index (χ1n) is 10.2. The Labute approximate surface area is 200 Å². The monoisotopic (exact) mass is 526 g/mol. The lowest BCUT2D eigenvalue weighted by atomic mass is 9.84. The number of fused-ring (bicyclic) bond motifs is 1. The standard InChI is InChI=1S/C23H28BrClN2O3S/c1-7-27-20(15-9-8-10-26-19(15)13(2)29-6)16(11-23(4,5)12-30-14(3)28)17-18(25)21(24)31-22(17)27/h8-10,13H,7,11-12H2,1-6H3/t13-/m0/s1. The second-order valence-electron chi connectivity index (χ2n) is 8.38. The average Bonchev–Trinajstić information content (AvgIpc) is 3.18. The number of methoxy groups -OCH3 is 1. The third kappa shape index (κ3) is 4.85. The number of ether oxygens (including phenoxy) is 2. The summed E-state index contributed by atoms with van der Waals surface area (Å²) in [6, 6.07) is 4.04. The molecule has 0 spiro atoms. The van der Waals surface area contributed by atoms with Crippen molar-refractivity contribution in [3.63, 3.8) is 0 Å². The van der Waals surface area contributed by atoms with E-state index in [1.54, 1.807) is 24.6 Å². The van der Waals surface area contributed by atoms with Crippen LogP contribution >= 0.6 is 38.9 Å². The molecule has 31 heavy (non-hydrogen) atoms. The van der Waals surface area contributed by atoms with E-state index < -0.39 is 0 Å². The summed E-state index contributed by atoms with van der Waals surface area (Å²) in [6.07, 6.45) is 2.33. The molecule has 0 radical (unpaired) electrons. The van der Waals surface area contributed by atoms with Gasteiger partial charge in [0.1, 0.15) is 4.83 Å². The SMILES string of the molecule is CCn1c(-c2cccnc2[C@H](C)OC)c(CC(C)(C)COC(C)=O)c2c(Cl)c(Br)sc21. The highest BCUT2D eigenvalue weighted by Crippen LogP contribution is 2.48. The van der Waals surface area contributed by atoms with Gasteiger partial charge in [0.05, 0.1) is 32.9 Å². The summed E-state index contributed by atoms with van der Waals surface area (Å²) in [7, 11) is 1.69. The van der Waals surface area contributed by atoms with Crippen molar-refractivity contribution in [3.8, 4) is 11.3 Å². The number of aromatic nitrogens is 2. The topological polar surface area (TPSA) is 53.4 Å². The molecule has 3 aromatic heterocycles. The summed E-state index contributed by atoms with van der Waals surface area (Å²) in [5.74, 6) is -0.274. The Morgan fingerprint density at radius 2 is 2.13 bits per heavy atom. The van der Waals surface area contributed by atoms with Crippen LogP contribution in [0.1, 0.15) is 52.0 Å². The number of carbonyl (C=O) groups excluding carboxylic acids is 1. The van der Waals surface area contributed by atoms with Crippen molar-refractivity contribution in [1.82, 2.24) is 9.55 Å². The average molecular weight is 528 g/mol. The first kappa shape index (κ1) is 24.2. The van der Waals surface area contributed by atoms with E-state index in [0.29, 0.717) is 13.0 Å². The van der Waals surface area contributed by atoms with E-state index in [2.05, 4.69) is 52.3 Å². The Balaban J connectivity index is 2.29. The molecule has 0 saturated carbocycles. The minimum absolute atomic E-state index is 0.154. The van der Waals surface area contributed by atoms with E-state index in [-0.39, 0.29) is 17.5 Å². The zero-order valence-electron chi connectivity index (χ0n) is 18.7. The number of esters is 1. The van der Waals surface area contributed by atoms with Gasteiger partial charge in [-0.05, 0) is 53.9 Å². The van der Waals surface area contributed by atoms with Crippen LogP contribution in [0.5, 0.6) is 0 Å². The zero-order valence-corrected chi connectivity index (χ0v) is 21.9. The summed E-state index contributed by atoms with van der Waals surface area (Å²) < 4.78 is 14.2. The molecule has 168 valence electrons. The van der Waals surface area contributed by atoms with E-state index in [1.807, 2.05) is 13.0 Å². The molecule has 0 aliphatic carbocycles. The van der Waals surface area contributed by atoms with Gasteiger partial charge in [0.15, 0.2) is 0 Å². The fraction of sp³-hybridized carbons (Fsp3) is 0.478. The summed E-state index contributed by atoms with van der Waals surface area (Å²) in [6.45, 7) is 10.9. The van der Waals surface area contributed by atoms with Crippen LogP contribution in [0.3, 0.4) is 0 Å². The highest BCUT2D eigenvalue weighted by Gasteiger charge is 2.31. The van der Waals surface area contributed by atoms with Gasteiger partial charge in [-0.3, -0.25) is 9.78 Å². The van der Waals surface area contributed by atoms with Gasteiger partial charge < -0.3 is 14.0 Å². The van der Waals surface area contributed by atoms with Gasteiger partial charge in [-0.15, -0.1) is 11.3 Å². The van der Waals surface area contributed by atoms with Crippen molar-refractivity contribution < 1.29 is 14.3 Å². The largest absolute Gasteiger partial charge is 0.465 e. The van der Waals surface area contributed by atoms with Crippen molar-refractivity contribution in [2.75, 3.05) is 13.7 Å². The van der Waals surface area contributed by atoms with Crippen LogP contribution in [0, 0.1) is 5.41 Å². The molecule has 0 aliphatic heterocycles. The summed E-state index contributed by atoms with van der Waals surface area (Å²) in [5.41, 5.74) is 3.88. The third-order valence-corrected chi connectivity index (χ3v) is 7.97. The summed E-state index contributed by atoms with van der Waals surface area (Å²) in [4.78, 5) is 17.2. The predicted octanol–water partition coefficient (Wildman–Crippen LogP) is 7.04. The first-order chi connectivity index (χ1) is 14.6. The molecule has 0 saturated heterocycles.